The number of hydrogen-bond acceptors (Lipinski definition) is 11. The van der Waals surface area contributed by atoms with Crippen LogP contribution in [0.25, 0.3) is 21.9 Å². The van der Waals surface area contributed by atoms with Gasteiger partial charge >= 0.3 is 5.97 Å². The molecule has 3 rings (SSSR count). The topological polar surface area (TPSA) is 162 Å². The van der Waals surface area contributed by atoms with Crippen LogP contribution in [0.15, 0.2) is 24.3 Å². The number of nitrogen functional groups attached to an aromatic ring is 1. The van der Waals surface area contributed by atoms with Crippen molar-refractivity contribution in [2.24, 2.45) is 0 Å². The van der Waals surface area contributed by atoms with Crippen molar-refractivity contribution in [2.75, 3.05) is 51.5 Å². The quantitative estimate of drug-likeness (QED) is 0.0281. The summed E-state index contributed by atoms with van der Waals surface area (Å²) in [4.78, 5) is 27.4. The number of rotatable bonds is 36. The number of nitrogens with two attached hydrogens (primary N) is 1. The highest BCUT2D eigenvalue weighted by Crippen LogP contribution is 2.31. The van der Waals surface area contributed by atoms with E-state index in [1.165, 1.54) is 57.8 Å². The number of benzene rings is 1. The van der Waals surface area contributed by atoms with Crippen molar-refractivity contribution in [2.45, 2.75) is 201 Å². The van der Waals surface area contributed by atoms with E-state index in [4.69, 9.17) is 15.5 Å². The molecule has 0 aliphatic rings. The summed E-state index contributed by atoms with van der Waals surface area (Å²) >= 11 is 0. The lowest BCUT2D eigenvalue weighted by Crippen LogP contribution is -2.40. The maximum atomic E-state index is 13.3. The Bertz CT molecular complexity index is 1630. The van der Waals surface area contributed by atoms with Gasteiger partial charge in [-0.15, -0.1) is 0 Å². The van der Waals surface area contributed by atoms with Gasteiger partial charge in [-0.2, -0.15) is 0 Å². The van der Waals surface area contributed by atoms with E-state index >= 15 is 0 Å². The van der Waals surface area contributed by atoms with Crippen LogP contribution >= 0.6 is 0 Å². The van der Waals surface area contributed by atoms with Crippen molar-refractivity contribution >= 4 is 33.7 Å². The highest BCUT2D eigenvalue weighted by molar-refractivity contribution is 6.06. The number of aliphatic hydroxyl groups excluding tert-OH is 3. The van der Waals surface area contributed by atoms with Crippen LogP contribution < -0.4 is 11.1 Å². The molecule has 1 aromatic carbocycles. The average molecular weight is 854 g/mol. The molecule has 3 atom stereocenters. The fourth-order valence-electron chi connectivity index (χ4n) is 8.54. The predicted octanol–water partition coefficient (Wildman–Crippen LogP) is 8.76. The number of pyridine rings is 1. The number of ether oxygens (including phenoxy) is 1. The summed E-state index contributed by atoms with van der Waals surface area (Å²) in [6.45, 7) is 18.2. The van der Waals surface area contributed by atoms with Crippen LogP contribution in [-0.4, -0.2) is 115 Å². The summed E-state index contributed by atoms with van der Waals surface area (Å²) in [7, 11) is 0. The molecule has 0 fully saturated rings. The lowest BCUT2D eigenvalue weighted by molar-refractivity contribution is -0.157. The smallest absolute Gasteiger partial charge is 0.306 e. The van der Waals surface area contributed by atoms with E-state index < -0.39 is 11.7 Å². The zero-order valence-corrected chi connectivity index (χ0v) is 39.3. The van der Waals surface area contributed by atoms with Crippen LogP contribution in [0, 0.1) is 0 Å². The first-order valence-corrected chi connectivity index (χ1v) is 24.3. The predicted molar refractivity (Wildman–Crippen MR) is 253 cm³/mol. The number of carbonyl (C=O) groups excluding carboxylic acids is 1. The number of nitrogens with one attached hydrogen (secondary N) is 1. The molecule has 3 unspecified atom stereocenters. The van der Waals surface area contributed by atoms with E-state index in [2.05, 4.69) is 45.4 Å². The number of nitrogens with zero attached hydrogens (tertiary/aromatic N) is 5. The van der Waals surface area contributed by atoms with Crippen molar-refractivity contribution in [3.8, 4) is 0 Å². The number of hydrogen-bond donors (Lipinski definition) is 5. The molecule has 348 valence electrons. The lowest BCUT2D eigenvalue weighted by atomic mass is 10.1. The molecular weight excluding hydrogens is 767 g/mol. The molecule has 0 aliphatic heterocycles. The van der Waals surface area contributed by atoms with Crippen molar-refractivity contribution < 1.29 is 24.9 Å². The number of para-hydroxylation sites is 1. The molecule has 2 heterocycles. The summed E-state index contributed by atoms with van der Waals surface area (Å²) in [5, 5.41) is 36.5. The second-order valence-electron chi connectivity index (χ2n) is 18.3. The molecule has 2 aromatic heterocycles. The number of aliphatic hydroxyl groups is 3. The molecule has 12 nitrogen and oxygen atoms in total. The minimum absolute atomic E-state index is 0.211. The van der Waals surface area contributed by atoms with Crippen LogP contribution in [0.5, 0.6) is 0 Å². The first-order chi connectivity index (χ1) is 29.4. The van der Waals surface area contributed by atoms with E-state index in [0.29, 0.717) is 50.5 Å². The molecule has 3 aromatic rings. The van der Waals surface area contributed by atoms with Gasteiger partial charge in [-0.25, -0.2) is 9.97 Å². The van der Waals surface area contributed by atoms with Gasteiger partial charge in [-0.05, 0) is 85.1 Å². The lowest BCUT2D eigenvalue weighted by Gasteiger charge is -2.29. The third-order valence-electron chi connectivity index (χ3n) is 11.7. The van der Waals surface area contributed by atoms with Gasteiger partial charge in [0.05, 0.1) is 42.4 Å². The normalized spacial score (nSPS) is 13.8. The van der Waals surface area contributed by atoms with E-state index in [9.17, 15) is 20.1 Å². The first-order valence-electron chi connectivity index (χ1n) is 24.3. The molecule has 0 amide bonds. The minimum Gasteiger partial charge on any atom is -0.458 e. The molecule has 0 radical (unpaired) electrons. The van der Waals surface area contributed by atoms with Gasteiger partial charge < -0.3 is 40.6 Å². The number of carbonyl (C=O) groups is 1. The summed E-state index contributed by atoms with van der Waals surface area (Å²) in [5.74, 6) is 0.999. The van der Waals surface area contributed by atoms with E-state index in [-0.39, 0.29) is 18.2 Å². The molecular formula is C49H87N7O5. The van der Waals surface area contributed by atoms with Crippen LogP contribution in [0.3, 0.4) is 0 Å². The third-order valence-corrected chi connectivity index (χ3v) is 11.7. The monoisotopic (exact) mass is 854 g/mol. The number of anilines is 1. The number of imidazole rings is 1. The Hall–Kier alpha value is -2.87. The van der Waals surface area contributed by atoms with Crippen LogP contribution in [0.2, 0.25) is 0 Å². The Morgan fingerprint density at radius 2 is 1.34 bits per heavy atom. The Morgan fingerprint density at radius 3 is 1.98 bits per heavy atom. The van der Waals surface area contributed by atoms with E-state index in [0.717, 1.165) is 106 Å². The average Bonchev–Trinajstić information content (AvgIpc) is 3.56. The van der Waals surface area contributed by atoms with Gasteiger partial charge in [-0.3, -0.25) is 9.69 Å². The van der Waals surface area contributed by atoms with Crippen LogP contribution in [0.4, 0.5) is 5.82 Å². The molecule has 61 heavy (non-hydrogen) atoms. The molecule has 0 bridgehead atoms. The fourth-order valence-corrected chi connectivity index (χ4v) is 8.54. The highest BCUT2D eigenvalue weighted by atomic mass is 16.6. The first kappa shape index (κ1) is 52.5. The maximum absolute atomic E-state index is 13.3. The van der Waals surface area contributed by atoms with Gasteiger partial charge in [0.2, 0.25) is 0 Å². The highest BCUT2D eigenvalue weighted by Gasteiger charge is 2.28. The fraction of sp³-hybridized carbons (Fsp3) is 0.776. The number of esters is 1. The third kappa shape index (κ3) is 20.5. The Morgan fingerprint density at radius 1 is 0.770 bits per heavy atom. The van der Waals surface area contributed by atoms with Crippen LogP contribution in [0.1, 0.15) is 169 Å². The molecule has 0 saturated heterocycles. The zero-order valence-electron chi connectivity index (χ0n) is 39.3. The summed E-state index contributed by atoms with van der Waals surface area (Å²) in [6.07, 6.45) is 18.6. The van der Waals surface area contributed by atoms with E-state index in [1.807, 2.05) is 45.0 Å². The van der Waals surface area contributed by atoms with Gasteiger partial charge in [0.15, 0.2) is 5.82 Å². The summed E-state index contributed by atoms with van der Waals surface area (Å²) < 4.78 is 8.27. The van der Waals surface area contributed by atoms with Crippen molar-refractivity contribution in [3.05, 3.63) is 30.1 Å². The summed E-state index contributed by atoms with van der Waals surface area (Å²) in [5.41, 5.74) is 7.98. The minimum atomic E-state index is -0.792. The molecule has 12 heteroatoms. The second kappa shape index (κ2) is 29.5. The molecule has 0 spiro atoms. The SMILES string of the molecule is CCCCCCCCC(O)CN(CCCCCC(=O)OC(C)(C)Cn1c(CNCC)nc2c(N)nc3ccccc3c21)CCCN(CC(C)O)CC(O)CCCCCCCC. The van der Waals surface area contributed by atoms with Gasteiger partial charge in [0.25, 0.3) is 0 Å². The largest absolute Gasteiger partial charge is 0.458 e. The van der Waals surface area contributed by atoms with Crippen molar-refractivity contribution in [1.82, 2.24) is 29.7 Å². The number of aromatic nitrogens is 3. The van der Waals surface area contributed by atoms with E-state index in [1.54, 1.807) is 0 Å². The van der Waals surface area contributed by atoms with Crippen LogP contribution in [-0.2, 0) is 22.6 Å². The zero-order chi connectivity index (χ0) is 44.5. The Labute approximate surface area is 369 Å². The standard InChI is InChI=1S/C49H87N7O5/c1-7-10-12-14-16-19-26-40(58)36-54(32-25-33-55(35-39(4)57)37-41(59)27-20-17-15-13-11-8-2)31-24-18-21-30-45(60)61-49(5,6)38-56-44(34-51-9-3)53-46-47(56)42-28-22-23-29-43(42)52-48(46)50/h22-23,28-29,39-41,51,57-59H,7-21,24-27,30-38H2,1-6H3,(H2,50,52). The Kier molecular flexibility index (Phi) is 25.4. The van der Waals surface area contributed by atoms with Crippen molar-refractivity contribution in [3.63, 3.8) is 0 Å². The second-order valence-corrected chi connectivity index (χ2v) is 18.3. The molecule has 0 saturated carbocycles. The number of unbranched alkanes of at least 4 members (excludes halogenated alkanes) is 12. The van der Waals surface area contributed by atoms with Crippen molar-refractivity contribution in [1.29, 1.82) is 0 Å². The van der Waals surface area contributed by atoms with Gasteiger partial charge in [0.1, 0.15) is 16.9 Å². The van der Waals surface area contributed by atoms with Gasteiger partial charge in [0, 0.05) is 31.4 Å². The number of fused-ring (bicyclic) bond motifs is 3. The Balaban J connectivity index is 1.54. The van der Waals surface area contributed by atoms with Gasteiger partial charge in [-0.1, -0.05) is 122 Å². The maximum Gasteiger partial charge on any atom is 0.306 e. The molecule has 6 N–H and O–H groups in total. The molecule has 0 aliphatic carbocycles. The summed E-state index contributed by atoms with van der Waals surface area (Å²) in [6, 6.07) is 7.92.